The third-order valence-electron chi connectivity index (χ3n) is 6.92. The molecule has 9 heteroatoms. The maximum absolute atomic E-state index is 13.1. The monoisotopic (exact) mass is 520 g/mol. The van der Waals surface area contributed by atoms with Gasteiger partial charge in [-0.1, -0.05) is 12.1 Å². The molecular formula is C30H28N6O3. The van der Waals surface area contributed by atoms with Gasteiger partial charge >= 0.3 is 6.09 Å². The van der Waals surface area contributed by atoms with Crippen molar-refractivity contribution in [2.45, 2.75) is 39.0 Å². The van der Waals surface area contributed by atoms with Crippen molar-refractivity contribution in [3.8, 4) is 34.4 Å². The molecule has 1 saturated heterocycles. The van der Waals surface area contributed by atoms with Gasteiger partial charge in [-0.2, -0.15) is 5.26 Å². The highest BCUT2D eigenvalue weighted by Gasteiger charge is 2.34. The fourth-order valence-electron chi connectivity index (χ4n) is 5.00. The lowest BCUT2D eigenvalue weighted by atomic mass is 10.1. The molecule has 2 aromatic carbocycles. The number of hydrogen-bond acceptors (Lipinski definition) is 5. The summed E-state index contributed by atoms with van der Waals surface area (Å²) in [6, 6.07) is 17.4. The summed E-state index contributed by atoms with van der Waals surface area (Å²) in [6.45, 7) is 6.92. The first-order valence-corrected chi connectivity index (χ1v) is 12.8. The Morgan fingerprint density at radius 3 is 2.56 bits per heavy atom. The lowest BCUT2D eigenvalue weighted by molar-refractivity contribution is 0.00533. The molecule has 0 atom stereocenters. The molecule has 0 bridgehead atoms. The molecule has 1 fully saturated rings. The van der Waals surface area contributed by atoms with E-state index in [1.807, 2.05) is 74.0 Å². The highest BCUT2D eigenvalue weighted by molar-refractivity contribution is 5.95. The molecule has 2 aliphatic heterocycles. The summed E-state index contributed by atoms with van der Waals surface area (Å²) in [4.78, 5) is 31.5. The zero-order chi connectivity index (χ0) is 27.3. The van der Waals surface area contributed by atoms with Gasteiger partial charge in [0.25, 0.3) is 5.91 Å². The summed E-state index contributed by atoms with van der Waals surface area (Å²) in [5, 5.41) is 12.2. The second-order valence-electron chi connectivity index (χ2n) is 11.0. The Morgan fingerprint density at radius 1 is 1.08 bits per heavy atom. The summed E-state index contributed by atoms with van der Waals surface area (Å²) in [5.74, 6) is 0.648. The van der Waals surface area contributed by atoms with Gasteiger partial charge in [-0.25, -0.2) is 9.78 Å². The van der Waals surface area contributed by atoms with Crippen LogP contribution in [0.2, 0.25) is 0 Å². The van der Waals surface area contributed by atoms with E-state index in [9.17, 15) is 9.59 Å². The minimum absolute atomic E-state index is 0.116. The van der Waals surface area contributed by atoms with Gasteiger partial charge in [0.1, 0.15) is 5.60 Å². The summed E-state index contributed by atoms with van der Waals surface area (Å²) < 4.78 is 9.58. The van der Waals surface area contributed by atoms with E-state index in [1.165, 1.54) is 0 Å². The predicted octanol–water partition coefficient (Wildman–Crippen LogP) is 4.59. The maximum Gasteiger partial charge on any atom is 0.410 e. The zero-order valence-corrected chi connectivity index (χ0v) is 22.0. The van der Waals surface area contributed by atoms with Gasteiger partial charge < -0.3 is 19.5 Å². The first kappa shape index (κ1) is 24.5. The number of amides is 2. The third kappa shape index (κ3) is 4.66. The van der Waals surface area contributed by atoms with E-state index in [0.717, 1.165) is 33.9 Å². The van der Waals surface area contributed by atoms with Crippen LogP contribution < -0.4 is 5.32 Å². The highest BCUT2D eigenvalue weighted by atomic mass is 16.6. The van der Waals surface area contributed by atoms with Gasteiger partial charge in [-0.3, -0.25) is 9.36 Å². The number of benzene rings is 2. The molecule has 0 unspecified atom stereocenters. The lowest BCUT2D eigenvalue weighted by Crippen LogP contribution is -2.61. The van der Waals surface area contributed by atoms with Crippen LogP contribution in [0, 0.1) is 11.3 Å². The number of imidazole rings is 1. The number of ether oxygens (including phenoxy) is 1. The number of rotatable bonds is 3. The first-order chi connectivity index (χ1) is 18.7. The molecule has 2 amide bonds. The van der Waals surface area contributed by atoms with Crippen LogP contribution in [0.4, 0.5) is 4.79 Å². The Balaban J connectivity index is 1.22. The minimum atomic E-state index is -0.551. The lowest BCUT2D eigenvalue weighted by Gasteiger charge is -2.40. The molecule has 0 spiro atoms. The highest BCUT2D eigenvalue weighted by Crippen LogP contribution is 2.34. The minimum Gasteiger partial charge on any atom is -0.444 e. The van der Waals surface area contributed by atoms with E-state index in [2.05, 4.69) is 33.2 Å². The van der Waals surface area contributed by atoms with Crippen LogP contribution in [0.3, 0.4) is 0 Å². The van der Waals surface area contributed by atoms with Gasteiger partial charge in [-0.15, -0.1) is 0 Å². The maximum atomic E-state index is 13.1. The van der Waals surface area contributed by atoms with Crippen LogP contribution in [0.15, 0.2) is 67.1 Å². The Labute approximate surface area is 226 Å². The van der Waals surface area contributed by atoms with Crippen LogP contribution in [-0.2, 0) is 11.3 Å². The van der Waals surface area contributed by atoms with Crippen molar-refractivity contribution in [3.05, 3.63) is 83.8 Å². The smallest absolute Gasteiger partial charge is 0.410 e. The zero-order valence-electron chi connectivity index (χ0n) is 22.0. The van der Waals surface area contributed by atoms with Gasteiger partial charge in [0.15, 0.2) is 5.82 Å². The molecule has 1 N–H and O–H groups in total. The molecule has 2 aromatic heterocycles. The molecule has 4 heterocycles. The number of nitrogens with one attached hydrogen (secondary N) is 1. The molecule has 0 radical (unpaired) electrons. The number of fused-ring (bicyclic) bond motifs is 5. The van der Waals surface area contributed by atoms with Crippen LogP contribution in [0.5, 0.6) is 0 Å². The Bertz CT molecular complexity index is 1630. The topological polar surface area (TPSA) is 105 Å². The van der Waals surface area contributed by atoms with Gasteiger partial charge in [-0.05, 0) is 68.3 Å². The summed E-state index contributed by atoms with van der Waals surface area (Å²) >= 11 is 0. The third-order valence-corrected chi connectivity index (χ3v) is 6.92. The van der Waals surface area contributed by atoms with E-state index >= 15 is 0 Å². The molecular weight excluding hydrogens is 492 g/mol. The van der Waals surface area contributed by atoms with Crippen molar-refractivity contribution in [1.82, 2.24) is 24.3 Å². The SMILES string of the molecule is CC(C)(C)OC(=O)N1CC(NC(=O)c2ccc3c(c2)Cn2cc(-c4ccc(C#N)cc4)cc2-c2nccn2-3)C1. The number of hydrogen-bond donors (Lipinski definition) is 1. The molecule has 0 saturated carbocycles. The average Bonchev–Trinajstić information content (AvgIpc) is 3.50. The van der Waals surface area contributed by atoms with Crippen molar-refractivity contribution in [2.24, 2.45) is 0 Å². The van der Waals surface area contributed by atoms with Crippen molar-refractivity contribution in [2.75, 3.05) is 13.1 Å². The van der Waals surface area contributed by atoms with E-state index in [-0.39, 0.29) is 18.0 Å². The second-order valence-corrected chi connectivity index (χ2v) is 11.0. The Hall–Kier alpha value is -4.84. The normalized spacial score (nSPS) is 14.3. The molecule has 196 valence electrons. The number of likely N-dealkylation sites (tertiary alicyclic amines) is 1. The van der Waals surface area contributed by atoms with E-state index in [4.69, 9.17) is 10.00 Å². The molecule has 39 heavy (non-hydrogen) atoms. The van der Waals surface area contributed by atoms with Crippen molar-refractivity contribution in [3.63, 3.8) is 0 Å². The number of carbonyl (C=O) groups excluding carboxylic acids is 2. The summed E-state index contributed by atoms with van der Waals surface area (Å²) in [5.41, 5.74) is 5.61. The van der Waals surface area contributed by atoms with Crippen LogP contribution in [-0.4, -0.2) is 55.8 Å². The number of carbonyl (C=O) groups is 2. The van der Waals surface area contributed by atoms with Crippen LogP contribution in [0.1, 0.15) is 42.3 Å². The molecule has 2 aliphatic rings. The van der Waals surface area contributed by atoms with Crippen molar-refractivity contribution < 1.29 is 14.3 Å². The van der Waals surface area contributed by atoms with Crippen molar-refractivity contribution >= 4 is 12.0 Å². The fourth-order valence-corrected chi connectivity index (χ4v) is 5.00. The second kappa shape index (κ2) is 9.17. The van der Waals surface area contributed by atoms with Gasteiger partial charge in [0.05, 0.1) is 29.1 Å². The standard InChI is InChI=1S/C30H28N6O3/c1-30(2,3)39-29(38)35-17-24(18-35)33-28(37)21-8-9-25-23(12-21)16-34-15-22(20-6-4-19(14-31)5-7-20)13-26(34)27-32-10-11-36(25)27/h4-13,15,24H,16-18H2,1-3H3,(H,33,37). The van der Waals surface area contributed by atoms with Crippen molar-refractivity contribution in [1.29, 1.82) is 5.26 Å². The quantitative estimate of drug-likeness (QED) is 0.375. The Morgan fingerprint density at radius 2 is 1.85 bits per heavy atom. The molecule has 9 nitrogen and oxygen atoms in total. The van der Waals surface area contributed by atoms with Gasteiger partial charge in [0, 0.05) is 49.4 Å². The van der Waals surface area contributed by atoms with Gasteiger partial charge in [0.2, 0.25) is 0 Å². The molecule has 0 aliphatic carbocycles. The summed E-state index contributed by atoms with van der Waals surface area (Å²) in [7, 11) is 0. The van der Waals surface area contributed by atoms with E-state index in [0.29, 0.717) is 30.8 Å². The number of nitrogens with zero attached hydrogens (tertiary/aromatic N) is 5. The first-order valence-electron chi connectivity index (χ1n) is 12.8. The molecule has 6 rings (SSSR count). The van der Waals surface area contributed by atoms with Crippen LogP contribution in [0.25, 0.3) is 28.3 Å². The number of nitriles is 1. The largest absolute Gasteiger partial charge is 0.444 e. The van der Waals surface area contributed by atoms with E-state index < -0.39 is 5.60 Å². The fraction of sp³-hybridized carbons (Fsp3) is 0.267. The Kier molecular flexibility index (Phi) is 5.76. The summed E-state index contributed by atoms with van der Waals surface area (Å²) in [6.07, 6.45) is 5.42. The average molecular weight is 521 g/mol. The predicted molar refractivity (Wildman–Crippen MR) is 145 cm³/mol. The molecule has 4 aromatic rings. The van der Waals surface area contributed by atoms with Crippen LogP contribution >= 0.6 is 0 Å². The number of aromatic nitrogens is 3. The van der Waals surface area contributed by atoms with E-state index in [1.54, 1.807) is 11.1 Å².